The van der Waals surface area contributed by atoms with Crippen molar-refractivity contribution in [3.05, 3.63) is 38.9 Å². The molecule has 7 heteroatoms. The predicted molar refractivity (Wildman–Crippen MR) is 84.8 cm³/mol. The summed E-state index contributed by atoms with van der Waals surface area (Å²) in [5, 5.41) is 10.9. The van der Waals surface area contributed by atoms with Gasteiger partial charge in [-0.1, -0.05) is 31.5 Å². The topological polar surface area (TPSA) is 89.5 Å². The summed E-state index contributed by atoms with van der Waals surface area (Å²) in [6, 6.07) is 4.27. The summed E-state index contributed by atoms with van der Waals surface area (Å²) in [5.41, 5.74) is 6.48. The minimum Gasteiger partial charge on any atom is -0.342 e. The van der Waals surface area contributed by atoms with E-state index in [-0.39, 0.29) is 34.5 Å². The molecule has 1 aliphatic rings. The lowest BCUT2D eigenvalue weighted by atomic mass is 9.79. The summed E-state index contributed by atoms with van der Waals surface area (Å²) in [4.78, 5) is 24.4. The van der Waals surface area contributed by atoms with E-state index in [4.69, 9.17) is 17.3 Å². The Morgan fingerprint density at radius 2 is 2.23 bits per heavy atom. The Labute approximate surface area is 134 Å². The number of nitro groups is 1. The summed E-state index contributed by atoms with van der Waals surface area (Å²) < 4.78 is 0. The third kappa shape index (κ3) is 3.56. The maximum Gasteiger partial charge on any atom is 0.270 e. The first-order valence-corrected chi connectivity index (χ1v) is 7.54. The number of halogens is 1. The number of piperidine rings is 1. The van der Waals surface area contributed by atoms with E-state index in [1.807, 2.05) is 0 Å². The molecule has 1 aromatic rings. The molecular formula is C15H20ClN3O3. The van der Waals surface area contributed by atoms with Gasteiger partial charge in [-0.3, -0.25) is 14.9 Å². The van der Waals surface area contributed by atoms with E-state index in [9.17, 15) is 14.9 Å². The smallest absolute Gasteiger partial charge is 0.270 e. The molecule has 1 unspecified atom stereocenters. The second-order valence-electron chi connectivity index (χ2n) is 6.41. The molecule has 1 saturated heterocycles. The molecule has 1 aromatic carbocycles. The Balaban J connectivity index is 2.08. The Kier molecular flexibility index (Phi) is 4.72. The molecule has 0 saturated carbocycles. The molecule has 1 atom stereocenters. The SMILES string of the molecule is CC1(C)CN(C(=O)Cc2ccc([N+](=O)[O-])cc2Cl)CCC1N. The first kappa shape index (κ1) is 16.7. The highest BCUT2D eigenvalue weighted by Gasteiger charge is 2.35. The van der Waals surface area contributed by atoms with Crippen molar-refractivity contribution in [2.45, 2.75) is 32.7 Å². The van der Waals surface area contributed by atoms with Crippen molar-refractivity contribution >= 4 is 23.2 Å². The van der Waals surface area contributed by atoms with Gasteiger partial charge in [-0.25, -0.2) is 0 Å². The van der Waals surface area contributed by atoms with Crippen LogP contribution in [0.4, 0.5) is 5.69 Å². The highest BCUT2D eigenvalue weighted by molar-refractivity contribution is 6.31. The summed E-state index contributed by atoms with van der Waals surface area (Å²) in [7, 11) is 0. The molecule has 6 nitrogen and oxygen atoms in total. The van der Waals surface area contributed by atoms with Gasteiger partial charge in [-0.2, -0.15) is 0 Å². The first-order chi connectivity index (χ1) is 10.2. The maximum atomic E-state index is 12.4. The van der Waals surface area contributed by atoms with Gasteiger partial charge < -0.3 is 10.6 Å². The molecular weight excluding hydrogens is 306 g/mol. The molecule has 1 heterocycles. The average Bonchev–Trinajstić information content (AvgIpc) is 2.43. The molecule has 0 spiro atoms. The van der Waals surface area contributed by atoms with Crippen molar-refractivity contribution in [1.82, 2.24) is 4.90 Å². The van der Waals surface area contributed by atoms with Crippen molar-refractivity contribution in [1.29, 1.82) is 0 Å². The second-order valence-corrected chi connectivity index (χ2v) is 6.82. The average molecular weight is 326 g/mol. The summed E-state index contributed by atoms with van der Waals surface area (Å²) in [6.07, 6.45) is 0.912. The quantitative estimate of drug-likeness (QED) is 0.682. The number of benzene rings is 1. The molecule has 2 N–H and O–H groups in total. The van der Waals surface area contributed by atoms with E-state index in [0.717, 1.165) is 6.42 Å². The number of rotatable bonds is 3. The fourth-order valence-corrected chi connectivity index (χ4v) is 2.90. The van der Waals surface area contributed by atoms with Crippen LogP contribution in [0, 0.1) is 15.5 Å². The molecule has 1 amide bonds. The van der Waals surface area contributed by atoms with E-state index in [1.165, 1.54) is 12.1 Å². The number of nitro benzene ring substituents is 1. The van der Waals surface area contributed by atoms with Gasteiger partial charge >= 0.3 is 0 Å². The van der Waals surface area contributed by atoms with Crippen LogP contribution in [-0.4, -0.2) is 34.9 Å². The zero-order chi connectivity index (χ0) is 16.5. The second kappa shape index (κ2) is 6.22. The van der Waals surface area contributed by atoms with E-state index in [0.29, 0.717) is 18.7 Å². The predicted octanol–water partition coefficient (Wildman–Crippen LogP) is 2.38. The fourth-order valence-electron chi connectivity index (χ4n) is 2.65. The highest BCUT2D eigenvalue weighted by Crippen LogP contribution is 2.29. The fraction of sp³-hybridized carbons (Fsp3) is 0.533. The zero-order valence-electron chi connectivity index (χ0n) is 12.7. The van der Waals surface area contributed by atoms with Crippen molar-refractivity contribution in [2.24, 2.45) is 11.1 Å². The number of nitrogens with two attached hydrogens (primary N) is 1. The molecule has 120 valence electrons. The number of hydrogen-bond donors (Lipinski definition) is 1. The Hall–Kier alpha value is -1.66. The van der Waals surface area contributed by atoms with Crippen LogP contribution in [0.15, 0.2) is 18.2 Å². The monoisotopic (exact) mass is 325 g/mol. The lowest BCUT2D eigenvalue weighted by molar-refractivity contribution is -0.384. The van der Waals surface area contributed by atoms with Crippen LogP contribution in [0.25, 0.3) is 0 Å². The van der Waals surface area contributed by atoms with Gasteiger partial charge in [-0.15, -0.1) is 0 Å². The molecule has 0 radical (unpaired) electrons. The summed E-state index contributed by atoms with van der Waals surface area (Å²) in [5.74, 6) is -0.0317. The molecule has 22 heavy (non-hydrogen) atoms. The van der Waals surface area contributed by atoms with Crippen molar-refractivity contribution in [3.63, 3.8) is 0 Å². The number of nitrogens with zero attached hydrogens (tertiary/aromatic N) is 2. The normalized spacial score (nSPS) is 20.7. The van der Waals surface area contributed by atoms with Gasteiger partial charge in [0.05, 0.1) is 16.4 Å². The van der Waals surface area contributed by atoms with Crippen molar-refractivity contribution < 1.29 is 9.72 Å². The standard InChI is InChI=1S/C15H20ClN3O3/c1-15(2)9-18(6-5-13(15)17)14(20)7-10-3-4-11(19(21)22)8-12(10)16/h3-4,8,13H,5-7,9,17H2,1-2H3. The van der Waals surface area contributed by atoms with Crippen LogP contribution in [0.5, 0.6) is 0 Å². The maximum absolute atomic E-state index is 12.4. The van der Waals surface area contributed by atoms with Crippen LogP contribution >= 0.6 is 11.6 Å². The Morgan fingerprint density at radius 3 is 2.77 bits per heavy atom. The molecule has 0 bridgehead atoms. The molecule has 1 fully saturated rings. The van der Waals surface area contributed by atoms with Gasteiger partial charge in [0, 0.05) is 31.3 Å². The lowest BCUT2D eigenvalue weighted by Crippen LogP contribution is -2.54. The van der Waals surface area contributed by atoms with Crippen molar-refractivity contribution in [2.75, 3.05) is 13.1 Å². The Bertz CT molecular complexity index is 604. The summed E-state index contributed by atoms with van der Waals surface area (Å²) in [6.45, 7) is 5.34. The minimum atomic E-state index is -0.508. The van der Waals surface area contributed by atoms with Crippen LogP contribution in [-0.2, 0) is 11.2 Å². The third-order valence-electron chi connectivity index (χ3n) is 4.25. The van der Waals surface area contributed by atoms with Crippen LogP contribution < -0.4 is 5.73 Å². The molecule has 0 aromatic heterocycles. The first-order valence-electron chi connectivity index (χ1n) is 7.17. The minimum absolute atomic E-state index is 0.0317. The molecule has 0 aliphatic carbocycles. The van der Waals surface area contributed by atoms with Gasteiger partial charge in [0.15, 0.2) is 0 Å². The zero-order valence-corrected chi connectivity index (χ0v) is 13.5. The van der Waals surface area contributed by atoms with Gasteiger partial charge in [0.2, 0.25) is 5.91 Å². The molecule has 2 rings (SSSR count). The van der Waals surface area contributed by atoms with Crippen LogP contribution in [0.2, 0.25) is 5.02 Å². The number of hydrogen-bond acceptors (Lipinski definition) is 4. The van der Waals surface area contributed by atoms with Crippen molar-refractivity contribution in [3.8, 4) is 0 Å². The lowest BCUT2D eigenvalue weighted by Gasteiger charge is -2.42. The van der Waals surface area contributed by atoms with Gasteiger partial charge in [-0.05, 0) is 17.4 Å². The largest absolute Gasteiger partial charge is 0.342 e. The van der Waals surface area contributed by atoms with Gasteiger partial charge in [0.25, 0.3) is 5.69 Å². The number of likely N-dealkylation sites (tertiary alicyclic amines) is 1. The van der Waals surface area contributed by atoms with E-state index in [2.05, 4.69) is 13.8 Å². The number of carbonyl (C=O) groups excluding carboxylic acids is 1. The van der Waals surface area contributed by atoms with Gasteiger partial charge in [0.1, 0.15) is 0 Å². The van der Waals surface area contributed by atoms with Crippen LogP contribution in [0.1, 0.15) is 25.8 Å². The Morgan fingerprint density at radius 1 is 1.55 bits per heavy atom. The number of carbonyl (C=O) groups is 1. The number of non-ortho nitro benzene ring substituents is 1. The van der Waals surface area contributed by atoms with E-state index >= 15 is 0 Å². The number of amides is 1. The summed E-state index contributed by atoms with van der Waals surface area (Å²) >= 11 is 6.04. The van der Waals surface area contributed by atoms with Crippen LogP contribution in [0.3, 0.4) is 0 Å². The third-order valence-corrected chi connectivity index (χ3v) is 4.61. The molecule has 1 aliphatic heterocycles. The van der Waals surface area contributed by atoms with E-state index in [1.54, 1.807) is 11.0 Å². The van der Waals surface area contributed by atoms with E-state index < -0.39 is 4.92 Å². The highest BCUT2D eigenvalue weighted by atomic mass is 35.5.